The van der Waals surface area contributed by atoms with Gasteiger partial charge in [0, 0.05) is 24.2 Å². The second-order valence-electron chi connectivity index (χ2n) is 3.16. The molecule has 0 radical (unpaired) electrons. The van der Waals surface area contributed by atoms with Crippen LogP contribution in [0.25, 0.3) is 0 Å². The Hall–Kier alpha value is -1.56. The van der Waals surface area contributed by atoms with E-state index in [1.165, 1.54) is 17.6 Å². The van der Waals surface area contributed by atoms with E-state index in [1.807, 2.05) is 0 Å². The summed E-state index contributed by atoms with van der Waals surface area (Å²) in [5, 5.41) is 21.1. The molecule has 0 saturated carbocycles. The molecule has 0 amide bonds. The van der Waals surface area contributed by atoms with Crippen LogP contribution in [0.5, 0.6) is 0 Å². The summed E-state index contributed by atoms with van der Waals surface area (Å²) in [6.07, 6.45) is 4.61. The predicted octanol–water partition coefficient (Wildman–Crippen LogP) is 1.36. The van der Waals surface area contributed by atoms with Gasteiger partial charge < -0.3 is 10.2 Å². The Morgan fingerprint density at radius 3 is 2.81 bits per heavy atom. The van der Waals surface area contributed by atoms with Gasteiger partial charge in [0.05, 0.1) is 4.88 Å². The number of hydrogen-bond donors (Lipinski definition) is 2. The number of pyridine rings is 1. The number of thiophene rings is 1. The lowest BCUT2D eigenvalue weighted by Gasteiger charge is -2.13. The normalized spacial score (nSPS) is 12.1. The first kappa shape index (κ1) is 10.9. The molecule has 82 valence electrons. The lowest BCUT2D eigenvalue weighted by Crippen LogP contribution is -2.20. The molecule has 2 rings (SSSR count). The van der Waals surface area contributed by atoms with Gasteiger partial charge in [-0.15, -0.1) is 11.3 Å². The Balaban J connectivity index is 2.18. The van der Waals surface area contributed by atoms with Crippen molar-refractivity contribution in [2.24, 2.45) is 4.99 Å². The average Bonchev–Trinajstić information content (AvgIpc) is 2.82. The Morgan fingerprint density at radius 2 is 2.19 bits per heavy atom. The van der Waals surface area contributed by atoms with Gasteiger partial charge >= 0.3 is 5.91 Å². The van der Waals surface area contributed by atoms with E-state index in [9.17, 15) is 10.2 Å². The minimum Gasteiger partial charge on any atom is -0.343 e. The van der Waals surface area contributed by atoms with E-state index >= 15 is 0 Å². The standard InChI is InChI=1S/C11H10N2O2S/c14-11(15,10-4-2-6-16-10)13-8-9-3-1-5-12-7-9/h1-8,14-15H/b13-8+. The molecule has 2 heterocycles. The fourth-order valence-electron chi connectivity index (χ4n) is 1.15. The van der Waals surface area contributed by atoms with Crippen LogP contribution in [0.15, 0.2) is 47.0 Å². The highest BCUT2D eigenvalue weighted by molar-refractivity contribution is 7.10. The average molecular weight is 234 g/mol. The maximum atomic E-state index is 9.68. The number of aromatic nitrogens is 1. The Labute approximate surface area is 96.6 Å². The summed E-state index contributed by atoms with van der Waals surface area (Å²) in [6.45, 7) is 0. The van der Waals surface area contributed by atoms with Crippen LogP contribution in [-0.4, -0.2) is 21.4 Å². The molecule has 0 bridgehead atoms. The first-order chi connectivity index (χ1) is 7.68. The van der Waals surface area contributed by atoms with Gasteiger partial charge in [0.2, 0.25) is 0 Å². The topological polar surface area (TPSA) is 65.7 Å². The summed E-state index contributed by atoms with van der Waals surface area (Å²) >= 11 is 1.24. The van der Waals surface area contributed by atoms with Crippen molar-refractivity contribution in [3.05, 3.63) is 52.5 Å². The minimum atomic E-state index is -2.16. The van der Waals surface area contributed by atoms with Crippen molar-refractivity contribution in [1.29, 1.82) is 0 Å². The predicted molar refractivity (Wildman–Crippen MR) is 62.3 cm³/mol. The van der Waals surface area contributed by atoms with Crippen LogP contribution in [0.4, 0.5) is 0 Å². The van der Waals surface area contributed by atoms with Crippen molar-refractivity contribution in [2.75, 3.05) is 0 Å². The molecule has 2 N–H and O–H groups in total. The van der Waals surface area contributed by atoms with E-state index in [0.29, 0.717) is 10.4 Å². The fraction of sp³-hybridized carbons (Fsp3) is 0.0909. The third kappa shape index (κ3) is 2.52. The minimum absolute atomic E-state index is 0.382. The molecule has 2 aromatic heterocycles. The monoisotopic (exact) mass is 234 g/mol. The van der Waals surface area contributed by atoms with Crippen molar-refractivity contribution in [1.82, 2.24) is 4.98 Å². The summed E-state index contributed by atoms with van der Waals surface area (Å²) in [7, 11) is 0. The van der Waals surface area contributed by atoms with E-state index in [2.05, 4.69) is 9.98 Å². The summed E-state index contributed by atoms with van der Waals surface area (Å²) in [5.74, 6) is -2.16. The third-order valence-electron chi connectivity index (χ3n) is 1.93. The van der Waals surface area contributed by atoms with Crippen LogP contribution < -0.4 is 0 Å². The van der Waals surface area contributed by atoms with Gasteiger partial charge in [-0.2, -0.15) is 0 Å². The SMILES string of the molecule is OC(O)(/N=C/c1cccnc1)c1cccs1. The molecule has 0 aliphatic carbocycles. The van der Waals surface area contributed by atoms with E-state index < -0.39 is 5.91 Å². The zero-order chi connectivity index (χ0) is 11.4. The molecular weight excluding hydrogens is 224 g/mol. The van der Waals surface area contributed by atoms with Crippen LogP contribution in [0.3, 0.4) is 0 Å². The Bertz CT molecular complexity index is 466. The molecule has 2 aromatic rings. The lowest BCUT2D eigenvalue weighted by molar-refractivity contribution is -0.157. The van der Waals surface area contributed by atoms with Gasteiger partial charge in [0.25, 0.3) is 0 Å². The zero-order valence-corrected chi connectivity index (χ0v) is 9.13. The second-order valence-corrected chi connectivity index (χ2v) is 4.10. The van der Waals surface area contributed by atoms with E-state index in [0.717, 1.165) is 0 Å². The van der Waals surface area contributed by atoms with Crippen molar-refractivity contribution < 1.29 is 10.2 Å². The number of hydrogen-bond acceptors (Lipinski definition) is 5. The largest absolute Gasteiger partial charge is 0.343 e. The first-order valence-electron chi connectivity index (χ1n) is 4.62. The summed E-state index contributed by atoms with van der Waals surface area (Å²) in [5.41, 5.74) is 0.714. The molecule has 0 spiro atoms. The smallest absolute Gasteiger partial charge is 0.302 e. The van der Waals surface area contributed by atoms with Crippen LogP contribution in [0.1, 0.15) is 10.4 Å². The summed E-state index contributed by atoms with van der Waals surface area (Å²) in [6, 6.07) is 6.88. The maximum Gasteiger partial charge on any atom is 0.302 e. The van der Waals surface area contributed by atoms with Gasteiger partial charge in [-0.3, -0.25) is 4.98 Å². The molecule has 0 aliphatic heterocycles. The summed E-state index contributed by atoms with van der Waals surface area (Å²) in [4.78, 5) is 8.00. The molecular formula is C11H10N2O2S. The van der Waals surface area contributed by atoms with Gasteiger partial charge in [-0.1, -0.05) is 12.1 Å². The lowest BCUT2D eigenvalue weighted by atomic mass is 10.3. The Morgan fingerprint density at radius 1 is 1.31 bits per heavy atom. The van der Waals surface area contributed by atoms with Gasteiger partial charge in [0.15, 0.2) is 0 Å². The zero-order valence-electron chi connectivity index (χ0n) is 8.32. The van der Waals surface area contributed by atoms with Crippen LogP contribution in [-0.2, 0) is 5.91 Å². The molecule has 0 saturated heterocycles. The van der Waals surface area contributed by atoms with Crippen LogP contribution in [0.2, 0.25) is 0 Å². The molecule has 0 atom stereocenters. The van der Waals surface area contributed by atoms with Gasteiger partial charge in [0.1, 0.15) is 0 Å². The molecule has 5 heteroatoms. The quantitative estimate of drug-likeness (QED) is 0.622. The Kier molecular flexibility index (Phi) is 3.09. The fourth-order valence-corrected chi connectivity index (χ4v) is 1.82. The van der Waals surface area contributed by atoms with Crippen molar-refractivity contribution in [2.45, 2.75) is 5.91 Å². The highest BCUT2D eigenvalue weighted by Gasteiger charge is 2.24. The van der Waals surface area contributed by atoms with Crippen molar-refractivity contribution in [3.63, 3.8) is 0 Å². The maximum absolute atomic E-state index is 9.68. The molecule has 0 unspecified atom stereocenters. The van der Waals surface area contributed by atoms with Crippen LogP contribution in [0, 0.1) is 0 Å². The number of nitrogens with zero attached hydrogens (tertiary/aromatic N) is 2. The summed E-state index contributed by atoms with van der Waals surface area (Å²) < 4.78 is 0. The van der Waals surface area contributed by atoms with Crippen molar-refractivity contribution in [3.8, 4) is 0 Å². The highest BCUT2D eigenvalue weighted by atomic mass is 32.1. The molecule has 0 aliphatic rings. The molecule has 0 fully saturated rings. The molecule has 0 aromatic carbocycles. The first-order valence-corrected chi connectivity index (χ1v) is 5.50. The van der Waals surface area contributed by atoms with Gasteiger partial charge in [-0.05, 0) is 17.5 Å². The van der Waals surface area contributed by atoms with Gasteiger partial charge in [-0.25, -0.2) is 4.99 Å². The van der Waals surface area contributed by atoms with E-state index in [1.54, 1.807) is 42.0 Å². The highest BCUT2D eigenvalue weighted by Crippen LogP contribution is 2.23. The second kappa shape index (κ2) is 4.52. The third-order valence-corrected chi connectivity index (χ3v) is 2.89. The van der Waals surface area contributed by atoms with E-state index in [4.69, 9.17) is 0 Å². The molecule has 16 heavy (non-hydrogen) atoms. The number of aliphatic imine (C=N–C) groups is 1. The van der Waals surface area contributed by atoms with E-state index in [-0.39, 0.29) is 0 Å². The number of aliphatic hydroxyl groups is 2. The number of rotatable bonds is 3. The van der Waals surface area contributed by atoms with Crippen LogP contribution >= 0.6 is 11.3 Å². The van der Waals surface area contributed by atoms with Crippen molar-refractivity contribution >= 4 is 17.6 Å². The molecule has 4 nitrogen and oxygen atoms in total.